The predicted molar refractivity (Wildman–Crippen MR) is 61.3 cm³/mol. The van der Waals surface area contributed by atoms with Gasteiger partial charge in [-0.3, -0.25) is 0 Å². The Hall–Kier alpha value is -0.450. The highest BCUT2D eigenvalue weighted by molar-refractivity contribution is 7.07. The molecule has 14 heavy (non-hydrogen) atoms. The van der Waals surface area contributed by atoms with Gasteiger partial charge < -0.3 is 11.1 Å². The topological polar surface area (TPSA) is 50.9 Å². The van der Waals surface area contributed by atoms with Crippen molar-refractivity contribution in [2.24, 2.45) is 5.73 Å². The zero-order valence-electron chi connectivity index (χ0n) is 8.70. The predicted octanol–water partition coefficient (Wildman–Crippen LogP) is 1.75. The molecule has 1 aromatic rings. The van der Waals surface area contributed by atoms with Gasteiger partial charge in [0.15, 0.2) is 0 Å². The minimum atomic E-state index is 0.350. The Kier molecular flexibility index (Phi) is 5.75. The minimum absolute atomic E-state index is 0.350. The second-order valence-corrected chi connectivity index (χ2v) is 4.21. The fraction of sp³-hybridized carbons (Fsp3) is 0.700. The van der Waals surface area contributed by atoms with Crippen molar-refractivity contribution in [2.45, 2.75) is 38.8 Å². The molecule has 1 atom stereocenters. The summed E-state index contributed by atoms with van der Waals surface area (Å²) < 4.78 is 0. The molecule has 0 radical (unpaired) electrons. The van der Waals surface area contributed by atoms with Crippen molar-refractivity contribution in [1.82, 2.24) is 10.3 Å². The molecule has 1 rings (SSSR count). The van der Waals surface area contributed by atoms with Gasteiger partial charge in [0, 0.05) is 18.0 Å². The van der Waals surface area contributed by atoms with Crippen LogP contribution in [0.25, 0.3) is 0 Å². The summed E-state index contributed by atoms with van der Waals surface area (Å²) in [5.41, 5.74) is 8.88. The van der Waals surface area contributed by atoms with Crippen molar-refractivity contribution in [3.05, 3.63) is 16.6 Å². The molecule has 1 unspecified atom stereocenters. The molecule has 0 fully saturated rings. The standard InChI is InChI=1S/C10H19N3S/c1-2-3-9(11)4-5-12-6-10-7-14-8-13-10/h7-9,12H,2-6,11H2,1H3. The van der Waals surface area contributed by atoms with Gasteiger partial charge in [-0.2, -0.15) is 0 Å². The average molecular weight is 213 g/mol. The van der Waals surface area contributed by atoms with Crippen molar-refractivity contribution in [2.75, 3.05) is 6.54 Å². The van der Waals surface area contributed by atoms with Crippen LogP contribution in [0.4, 0.5) is 0 Å². The molecule has 1 aromatic heterocycles. The monoisotopic (exact) mass is 213 g/mol. The summed E-state index contributed by atoms with van der Waals surface area (Å²) in [6, 6.07) is 0.350. The molecule has 0 aliphatic carbocycles. The second kappa shape index (κ2) is 6.92. The van der Waals surface area contributed by atoms with Crippen molar-refractivity contribution in [3.8, 4) is 0 Å². The van der Waals surface area contributed by atoms with Crippen molar-refractivity contribution in [1.29, 1.82) is 0 Å². The van der Waals surface area contributed by atoms with E-state index in [2.05, 4.69) is 22.6 Å². The molecule has 0 amide bonds. The van der Waals surface area contributed by atoms with Crippen LogP contribution in [0.5, 0.6) is 0 Å². The van der Waals surface area contributed by atoms with E-state index in [4.69, 9.17) is 5.73 Å². The van der Waals surface area contributed by atoms with Crippen molar-refractivity contribution >= 4 is 11.3 Å². The molecule has 1 heterocycles. The van der Waals surface area contributed by atoms with Crippen LogP contribution in [0.2, 0.25) is 0 Å². The van der Waals surface area contributed by atoms with E-state index in [1.165, 1.54) is 6.42 Å². The first-order chi connectivity index (χ1) is 6.83. The lowest BCUT2D eigenvalue weighted by Gasteiger charge is -2.09. The number of nitrogens with zero attached hydrogens (tertiary/aromatic N) is 1. The zero-order valence-corrected chi connectivity index (χ0v) is 9.52. The fourth-order valence-corrected chi connectivity index (χ4v) is 1.90. The summed E-state index contributed by atoms with van der Waals surface area (Å²) >= 11 is 1.64. The van der Waals surface area contributed by atoms with E-state index in [0.29, 0.717) is 6.04 Å². The minimum Gasteiger partial charge on any atom is -0.328 e. The Morgan fingerprint density at radius 1 is 1.57 bits per heavy atom. The Morgan fingerprint density at radius 3 is 3.07 bits per heavy atom. The van der Waals surface area contributed by atoms with Gasteiger partial charge in [0.05, 0.1) is 11.2 Å². The smallest absolute Gasteiger partial charge is 0.0795 e. The first-order valence-corrected chi connectivity index (χ1v) is 6.10. The van der Waals surface area contributed by atoms with Crippen LogP contribution in [-0.4, -0.2) is 17.6 Å². The van der Waals surface area contributed by atoms with Crippen LogP contribution in [0, 0.1) is 0 Å². The quantitative estimate of drug-likeness (QED) is 0.678. The number of nitrogens with one attached hydrogen (secondary N) is 1. The van der Waals surface area contributed by atoms with E-state index >= 15 is 0 Å². The lowest BCUT2D eigenvalue weighted by molar-refractivity contribution is 0.525. The van der Waals surface area contributed by atoms with Crippen molar-refractivity contribution < 1.29 is 0 Å². The Bertz CT molecular complexity index is 223. The van der Waals surface area contributed by atoms with Gasteiger partial charge in [-0.1, -0.05) is 13.3 Å². The number of hydrogen-bond acceptors (Lipinski definition) is 4. The van der Waals surface area contributed by atoms with E-state index in [1.807, 2.05) is 5.51 Å². The van der Waals surface area contributed by atoms with Crippen LogP contribution in [0.15, 0.2) is 10.9 Å². The van der Waals surface area contributed by atoms with E-state index in [1.54, 1.807) is 11.3 Å². The van der Waals surface area contributed by atoms with E-state index in [0.717, 1.165) is 31.6 Å². The molecule has 3 N–H and O–H groups in total. The third kappa shape index (κ3) is 4.69. The van der Waals surface area contributed by atoms with Crippen LogP contribution in [0.3, 0.4) is 0 Å². The maximum absolute atomic E-state index is 5.89. The van der Waals surface area contributed by atoms with Crippen LogP contribution >= 0.6 is 11.3 Å². The Labute approximate surface area is 89.7 Å². The maximum Gasteiger partial charge on any atom is 0.0795 e. The first kappa shape index (κ1) is 11.6. The highest BCUT2D eigenvalue weighted by Crippen LogP contribution is 2.00. The molecule has 80 valence electrons. The van der Waals surface area contributed by atoms with Gasteiger partial charge in [-0.15, -0.1) is 11.3 Å². The molecule has 0 spiro atoms. The third-order valence-corrected chi connectivity index (χ3v) is 2.78. The summed E-state index contributed by atoms with van der Waals surface area (Å²) in [4.78, 5) is 4.19. The highest BCUT2D eigenvalue weighted by atomic mass is 32.1. The SMILES string of the molecule is CCCC(N)CCNCc1cscn1. The molecule has 0 bridgehead atoms. The van der Waals surface area contributed by atoms with Crippen LogP contribution in [0.1, 0.15) is 31.9 Å². The summed E-state index contributed by atoms with van der Waals surface area (Å²) in [7, 11) is 0. The number of thiazole rings is 1. The van der Waals surface area contributed by atoms with Crippen LogP contribution < -0.4 is 11.1 Å². The van der Waals surface area contributed by atoms with Gasteiger partial charge in [-0.25, -0.2) is 4.98 Å². The Morgan fingerprint density at radius 2 is 2.43 bits per heavy atom. The fourth-order valence-electron chi connectivity index (χ4n) is 1.34. The normalized spacial score (nSPS) is 13.0. The van der Waals surface area contributed by atoms with Gasteiger partial charge in [-0.05, 0) is 19.4 Å². The molecule has 0 aliphatic rings. The Balaban J connectivity index is 1.99. The molecule has 3 nitrogen and oxygen atoms in total. The molecule has 0 aliphatic heterocycles. The molecule has 0 saturated heterocycles. The molecular weight excluding hydrogens is 194 g/mol. The molecular formula is C10H19N3S. The number of aromatic nitrogens is 1. The summed E-state index contributed by atoms with van der Waals surface area (Å²) in [5, 5.41) is 5.41. The summed E-state index contributed by atoms with van der Waals surface area (Å²) in [6.45, 7) is 4.02. The van der Waals surface area contributed by atoms with Crippen molar-refractivity contribution in [3.63, 3.8) is 0 Å². The zero-order chi connectivity index (χ0) is 10.2. The lowest BCUT2D eigenvalue weighted by Crippen LogP contribution is -2.26. The van der Waals surface area contributed by atoms with Crippen LogP contribution in [-0.2, 0) is 6.54 Å². The largest absolute Gasteiger partial charge is 0.328 e. The van der Waals surface area contributed by atoms with E-state index in [9.17, 15) is 0 Å². The van der Waals surface area contributed by atoms with E-state index < -0.39 is 0 Å². The number of nitrogens with two attached hydrogens (primary N) is 1. The van der Waals surface area contributed by atoms with Gasteiger partial charge in [0.2, 0.25) is 0 Å². The first-order valence-electron chi connectivity index (χ1n) is 5.16. The lowest BCUT2D eigenvalue weighted by atomic mass is 10.1. The highest BCUT2D eigenvalue weighted by Gasteiger charge is 2.00. The molecule has 0 saturated carbocycles. The second-order valence-electron chi connectivity index (χ2n) is 3.49. The van der Waals surface area contributed by atoms with Gasteiger partial charge in [0.1, 0.15) is 0 Å². The molecule has 0 aromatic carbocycles. The molecule has 4 heteroatoms. The average Bonchev–Trinajstić information content (AvgIpc) is 2.65. The summed E-state index contributed by atoms with van der Waals surface area (Å²) in [6.07, 6.45) is 3.35. The number of hydrogen-bond donors (Lipinski definition) is 2. The van der Waals surface area contributed by atoms with Gasteiger partial charge >= 0.3 is 0 Å². The van der Waals surface area contributed by atoms with Gasteiger partial charge in [0.25, 0.3) is 0 Å². The van der Waals surface area contributed by atoms with E-state index in [-0.39, 0.29) is 0 Å². The maximum atomic E-state index is 5.89. The number of rotatable bonds is 7. The third-order valence-electron chi connectivity index (χ3n) is 2.14. The summed E-state index contributed by atoms with van der Waals surface area (Å²) in [5.74, 6) is 0.